The molecule has 8 nitrogen and oxygen atoms in total. The van der Waals surface area contributed by atoms with Crippen molar-refractivity contribution in [1.82, 2.24) is 10.2 Å². The van der Waals surface area contributed by atoms with Crippen molar-refractivity contribution in [3.05, 3.63) is 86.4 Å². The summed E-state index contributed by atoms with van der Waals surface area (Å²) in [4.78, 5) is 41.4. The number of hydrogen-bond donors (Lipinski definition) is 1. The Hall–Kier alpha value is -3.80. The van der Waals surface area contributed by atoms with Crippen LogP contribution in [0.15, 0.2) is 42.2 Å². The molecule has 1 fully saturated rings. The molecule has 13 heteroatoms. The van der Waals surface area contributed by atoms with Crippen LogP contribution in [0.1, 0.15) is 57.7 Å². The number of esters is 1. The minimum Gasteiger partial charge on any atom is -0.481 e. The highest BCUT2D eigenvalue weighted by atomic mass is 35.5. The maximum Gasteiger partial charge on any atom is 0.333 e. The monoisotopic (exact) mass is 666 g/mol. The fourth-order valence-electron chi connectivity index (χ4n) is 4.81. The minimum absolute atomic E-state index is 0.239. The number of halogens is 5. The Bertz CT molecular complexity index is 1630. The van der Waals surface area contributed by atoms with Gasteiger partial charge in [0.1, 0.15) is 24.1 Å². The second-order valence-corrected chi connectivity index (χ2v) is 12.1. The molecule has 2 heterocycles. The van der Waals surface area contributed by atoms with E-state index in [-0.39, 0.29) is 13.0 Å². The summed E-state index contributed by atoms with van der Waals surface area (Å²) in [6.45, 7) is 7.33. The molecule has 4 rings (SSSR count). The van der Waals surface area contributed by atoms with E-state index in [4.69, 9.17) is 37.4 Å². The van der Waals surface area contributed by atoms with Gasteiger partial charge in [-0.15, -0.1) is 0 Å². The zero-order valence-electron chi connectivity index (χ0n) is 25.1. The molecule has 2 aliphatic rings. The van der Waals surface area contributed by atoms with Gasteiger partial charge in [-0.1, -0.05) is 42.3 Å². The average Bonchev–Trinajstić information content (AvgIpc) is 3.74. The molecule has 2 aliphatic heterocycles. The van der Waals surface area contributed by atoms with Gasteiger partial charge in [-0.25, -0.2) is 13.6 Å². The predicted octanol–water partition coefficient (Wildman–Crippen LogP) is 6.68. The molecular weight excluding hydrogens is 636 g/mol. The number of carbonyl (C=O) groups is 3. The lowest BCUT2D eigenvalue weighted by atomic mass is 9.94. The predicted molar refractivity (Wildman–Crippen MR) is 163 cm³/mol. The zero-order valence-corrected chi connectivity index (χ0v) is 26.6. The third kappa shape index (κ3) is 7.37. The second-order valence-electron chi connectivity index (χ2n) is 11.3. The maximum absolute atomic E-state index is 14.6. The summed E-state index contributed by atoms with van der Waals surface area (Å²) in [6.07, 6.45) is 6.93. The Labute approximate surface area is 268 Å². The van der Waals surface area contributed by atoms with Crippen molar-refractivity contribution in [1.29, 1.82) is 0 Å². The van der Waals surface area contributed by atoms with Crippen molar-refractivity contribution in [3.8, 4) is 5.75 Å². The first-order valence-electron chi connectivity index (χ1n) is 13.9. The normalized spacial score (nSPS) is 18.2. The lowest BCUT2D eigenvalue weighted by Crippen LogP contribution is -2.50. The number of allylic oxidation sites excluding steroid dienone is 1. The number of nitrogens with zero attached hydrogens (tertiary/aromatic N) is 1. The minimum atomic E-state index is -1.53. The number of nitrogens with one attached hydrogen (secondary N) is 1. The van der Waals surface area contributed by atoms with Crippen molar-refractivity contribution in [2.75, 3.05) is 13.2 Å². The molecule has 1 amide bonds. The molecule has 240 valence electrons. The highest BCUT2D eigenvalue weighted by Gasteiger charge is 2.56. The molecule has 1 N–H and O–H groups in total. The summed E-state index contributed by atoms with van der Waals surface area (Å²) < 4.78 is 59.3. The van der Waals surface area contributed by atoms with Crippen molar-refractivity contribution in [2.24, 2.45) is 0 Å². The fraction of sp³-hybridized carbons (Fsp3) is 0.344. The number of fused-ring (bicyclic) bond motifs is 2. The summed E-state index contributed by atoms with van der Waals surface area (Å²) in [5, 5.41) is 3.12. The van der Waals surface area contributed by atoms with Crippen LogP contribution in [-0.2, 0) is 29.6 Å². The topological polar surface area (TPSA) is 97.5 Å². The van der Waals surface area contributed by atoms with Gasteiger partial charge in [0.2, 0.25) is 17.5 Å². The van der Waals surface area contributed by atoms with E-state index < -0.39 is 76.1 Å². The Morgan fingerprint density at radius 2 is 1.80 bits per heavy atom. The molecule has 45 heavy (non-hydrogen) atoms. The summed E-state index contributed by atoms with van der Waals surface area (Å²) >= 11 is 12.5. The van der Waals surface area contributed by atoms with Crippen LogP contribution in [0.4, 0.5) is 13.2 Å². The molecule has 1 saturated heterocycles. The number of ketones is 1. The Morgan fingerprint density at radius 3 is 2.40 bits per heavy atom. The zero-order chi connectivity index (χ0) is 33.3. The van der Waals surface area contributed by atoms with Crippen LogP contribution in [0.3, 0.4) is 0 Å². The SMILES string of the molecule is C/C=C/c1c(F)cc(F)c(F)c1OCC(=O)/C(=C\C(=O)OC(C)(C)C)NC(=O)[C@H](CC)N1C=Cc2cc(Cl)c(Cl)cc2C12CO2. The molecule has 2 aromatic rings. The van der Waals surface area contributed by atoms with E-state index in [0.717, 1.165) is 17.7 Å². The molecule has 1 spiro atoms. The third-order valence-electron chi connectivity index (χ3n) is 6.86. The van der Waals surface area contributed by atoms with E-state index in [1.165, 1.54) is 13.0 Å². The van der Waals surface area contributed by atoms with Crippen LogP contribution in [-0.4, -0.2) is 47.4 Å². The van der Waals surface area contributed by atoms with Gasteiger partial charge < -0.3 is 24.4 Å². The van der Waals surface area contributed by atoms with E-state index in [2.05, 4.69) is 5.32 Å². The van der Waals surface area contributed by atoms with Gasteiger partial charge in [0, 0.05) is 17.8 Å². The van der Waals surface area contributed by atoms with Crippen LogP contribution in [0.2, 0.25) is 10.0 Å². The van der Waals surface area contributed by atoms with Crippen LogP contribution in [0, 0.1) is 17.5 Å². The van der Waals surface area contributed by atoms with Crippen LogP contribution >= 0.6 is 23.2 Å². The first-order chi connectivity index (χ1) is 21.1. The number of epoxide rings is 1. The Kier molecular flexibility index (Phi) is 10.1. The number of benzene rings is 2. The summed E-state index contributed by atoms with van der Waals surface area (Å²) in [7, 11) is 0. The van der Waals surface area contributed by atoms with E-state index in [0.29, 0.717) is 21.7 Å². The van der Waals surface area contributed by atoms with Crippen molar-refractivity contribution >= 4 is 53.0 Å². The largest absolute Gasteiger partial charge is 0.481 e. The molecular formula is C32H31Cl2F3N2O6. The number of rotatable bonds is 10. The van der Waals surface area contributed by atoms with Crippen molar-refractivity contribution in [2.45, 2.75) is 58.4 Å². The maximum atomic E-state index is 14.6. The van der Waals surface area contributed by atoms with Crippen molar-refractivity contribution < 1.29 is 41.8 Å². The smallest absolute Gasteiger partial charge is 0.333 e. The number of ether oxygens (including phenoxy) is 3. The number of hydrogen-bond acceptors (Lipinski definition) is 7. The van der Waals surface area contributed by atoms with Gasteiger partial charge in [0.25, 0.3) is 0 Å². The lowest BCUT2D eigenvalue weighted by molar-refractivity contribution is -0.148. The molecule has 2 aromatic carbocycles. The third-order valence-corrected chi connectivity index (χ3v) is 7.58. The van der Waals surface area contributed by atoms with E-state index >= 15 is 0 Å². The van der Waals surface area contributed by atoms with Gasteiger partial charge >= 0.3 is 5.97 Å². The van der Waals surface area contributed by atoms with Gasteiger partial charge in [-0.3, -0.25) is 9.59 Å². The standard InChI is InChI=1S/C32H31Cl2F3N2O6/c1-6-8-18-22(35)13-23(36)28(37)29(18)43-15-26(40)24(14-27(41)45-31(3,4)5)38-30(42)25(7-2)39-10-9-17-11-20(33)21(34)12-19(17)32(39)16-44-32/h6,8-14,25H,7,15-16H2,1-5H3,(H,38,42)/b8-6+,24-14+/t25-,32?/m0/s1. The second kappa shape index (κ2) is 13.3. The van der Waals surface area contributed by atoms with E-state index in [1.807, 2.05) is 0 Å². The average molecular weight is 668 g/mol. The quantitative estimate of drug-likeness (QED) is 0.131. The number of carbonyl (C=O) groups excluding carboxylic acids is 3. The van der Waals surface area contributed by atoms with Crippen LogP contribution in [0.25, 0.3) is 12.2 Å². The number of amides is 1. The molecule has 2 atom stereocenters. The van der Waals surface area contributed by atoms with Crippen molar-refractivity contribution in [3.63, 3.8) is 0 Å². The number of Topliss-reactive ketones (excluding diaryl/α,β-unsaturated/α-hetero) is 1. The van der Waals surface area contributed by atoms with Gasteiger partial charge in [0.05, 0.1) is 27.4 Å². The molecule has 0 aliphatic carbocycles. The fourth-order valence-corrected chi connectivity index (χ4v) is 5.15. The summed E-state index contributed by atoms with van der Waals surface area (Å²) in [5.74, 6) is -7.66. The highest BCUT2D eigenvalue weighted by Crippen LogP contribution is 2.49. The first kappa shape index (κ1) is 34.1. The molecule has 0 radical (unpaired) electrons. The molecule has 0 bridgehead atoms. The Balaban J connectivity index is 1.62. The molecule has 1 unspecified atom stereocenters. The lowest BCUT2D eigenvalue weighted by Gasteiger charge is -2.37. The first-order valence-corrected chi connectivity index (χ1v) is 14.7. The summed E-state index contributed by atoms with van der Waals surface area (Å²) in [6, 6.07) is 2.79. The van der Waals surface area contributed by atoms with E-state index in [1.54, 1.807) is 57.0 Å². The van der Waals surface area contributed by atoms with E-state index in [9.17, 15) is 27.6 Å². The Morgan fingerprint density at radius 1 is 1.13 bits per heavy atom. The van der Waals surface area contributed by atoms with Crippen LogP contribution in [0.5, 0.6) is 5.75 Å². The molecule has 0 saturated carbocycles. The summed E-state index contributed by atoms with van der Waals surface area (Å²) in [5.41, 5.74) is -1.47. The highest BCUT2D eigenvalue weighted by molar-refractivity contribution is 6.42. The van der Waals surface area contributed by atoms with Gasteiger partial charge in [-0.2, -0.15) is 4.39 Å². The van der Waals surface area contributed by atoms with Crippen LogP contribution < -0.4 is 10.1 Å². The molecule has 0 aromatic heterocycles. The van der Waals surface area contributed by atoms with Gasteiger partial charge in [0.15, 0.2) is 23.9 Å². The van der Waals surface area contributed by atoms with Gasteiger partial charge in [-0.05, 0) is 57.9 Å².